The molecule has 0 heterocycles. The highest BCUT2D eigenvalue weighted by molar-refractivity contribution is 9.10. The molecule has 4 nitrogen and oxygen atoms in total. The van der Waals surface area contributed by atoms with Crippen LogP contribution in [-0.2, 0) is 4.79 Å². The van der Waals surface area contributed by atoms with Crippen LogP contribution in [0.2, 0.25) is 0 Å². The Morgan fingerprint density at radius 1 is 1.61 bits per heavy atom. The minimum Gasteiger partial charge on any atom is -0.493 e. The Bertz CT molecular complexity index is 468. The van der Waals surface area contributed by atoms with Gasteiger partial charge in [-0.2, -0.15) is 0 Å². The van der Waals surface area contributed by atoms with Crippen molar-refractivity contribution in [1.82, 2.24) is 0 Å². The van der Waals surface area contributed by atoms with Crippen LogP contribution in [0.4, 0.5) is 8.78 Å². The van der Waals surface area contributed by atoms with Gasteiger partial charge in [-0.15, -0.1) is 0 Å². The van der Waals surface area contributed by atoms with Gasteiger partial charge in [0.15, 0.2) is 11.6 Å². The Hall–Kier alpha value is -1.21. The van der Waals surface area contributed by atoms with Gasteiger partial charge < -0.3 is 15.6 Å². The molecule has 0 saturated carbocycles. The highest BCUT2D eigenvalue weighted by Crippen LogP contribution is 2.35. The van der Waals surface area contributed by atoms with E-state index in [1.165, 1.54) is 7.11 Å². The second kappa shape index (κ2) is 6.10. The van der Waals surface area contributed by atoms with Crippen molar-refractivity contribution < 1.29 is 23.4 Å². The number of ether oxygens (including phenoxy) is 1. The van der Waals surface area contributed by atoms with Gasteiger partial charge in [-0.25, -0.2) is 8.78 Å². The van der Waals surface area contributed by atoms with E-state index in [4.69, 9.17) is 15.6 Å². The van der Waals surface area contributed by atoms with Gasteiger partial charge >= 0.3 is 5.97 Å². The molecule has 0 amide bonds. The summed E-state index contributed by atoms with van der Waals surface area (Å²) in [7, 11) is 1.19. The number of methoxy groups -OCH3 is 1. The van der Waals surface area contributed by atoms with Crippen molar-refractivity contribution in [2.24, 2.45) is 5.73 Å². The van der Waals surface area contributed by atoms with Crippen molar-refractivity contribution >= 4 is 21.9 Å². The molecule has 0 spiro atoms. The summed E-state index contributed by atoms with van der Waals surface area (Å²) >= 11 is 2.87. The lowest BCUT2D eigenvalue weighted by Crippen LogP contribution is -2.16. The van der Waals surface area contributed by atoms with E-state index in [0.717, 1.165) is 6.07 Å². The number of hydrogen-bond donors (Lipinski definition) is 2. The van der Waals surface area contributed by atoms with Crippen LogP contribution in [0.25, 0.3) is 0 Å². The van der Waals surface area contributed by atoms with Crippen molar-refractivity contribution in [3.63, 3.8) is 0 Å². The van der Waals surface area contributed by atoms with E-state index < -0.39 is 23.6 Å². The van der Waals surface area contributed by atoms with Crippen molar-refractivity contribution in [3.05, 3.63) is 27.7 Å². The molecule has 18 heavy (non-hydrogen) atoms. The summed E-state index contributed by atoms with van der Waals surface area (Å²) in [5.41, 5.74) is 5.53. The first-order valence-electron chi connectivity index (χ1n) is 5.07. The number of nitrogens with two attached hydrogens (primary N) is 1. The monoisotopic (exact) mass is 323 g/mol. The van der Waals surface area contributed by atoms with Gasteiger partial charge in [0.05, 0.1) is 17.1 Å². The fourth-order valence-electron chi connectivity index (χ4n) is 1.56. The summed E-state index contributed by atoms with van der Waals surface area (Å²) < 4.78 is 32.1. The summed E-state index contributed by atoms with van der Waals surface area (Å²) in [6.45, 7) is 0. The maximum Gasteiger partial charge on any atom is 0.303 e. The maximum atomic E-state index is 13.9. The molecule has 0 aliphatic heterocycles. The van der Waals surface area contributed by atoms with Crippen molar-refractivity contribution in [2.75, 3.05) is 7.11 Å². The molecule has 1 aromatic rings. The van der Waals surface area contributed by atoms with Gasteiger partial charge in [0, 0.05) is 12.5 Å². The highest BCUT2D eigenvalue weighted by Gasteiger charge is 2.23. The Morgan fingerprint density at radius 3 is 2.72 bits per heavy atom. The molecule has 1 unspecified atom stereocenters. The van der Waals surface area contributed by atoms with Crippen LogP contribution in [0.5, 0.6) is 5.75 Å². The zero-order valence-corrected chi connectivity index (χ0v) is 11.1. The van der Waals surface area contributed by atoms with Crippen LogP contribution in [0.1, 0.15) is 24.4 Å². The van der Waals surface area contributed by atoms with Crippen LogP contribution < -0.4 is 10.5 Å². The minimum absolute atomic E-state index is 0.0154. The Morgan fingerprint density at radius 2 is 2.22 bits per heavy atom. The lowest BCUT2D eigenvalue weighted by atomic mass is 10.0. The SMILES string of the molecule is COc1c(F)cc(Br)c(F)c1C(N)CCC(=O)O. The maximum absolute atomic E-state index is 13.9. The lowest BCUT2D eigenvalue weighted by Gasteiger charge is -2.17. The largest absolute Gasteiger partial charge is 0.493 e. The molecule has 0 bridgehead atoms. The number of carbonyl (C=O) groups is 1. The Labute approximate surface area is 111 Å². The number of rotatable bonds is 5. The second-order valence-corrected chi connectivity index (χ2v) is 4.49. The summed E-state index contributed by atoms with van der Waals surface area (Å²) in [4.78, 5) is 10.4. The van der Waals surface area contributed by atoms with E-state index in [2.05, 4.69) is 15.9 Å². The number of benzene rings is 1. The van der Waals surface area contributed by atoms with E-state index in [0.29, 0.717) is 0 Å². The molecule has 0 aromatic heterocycles. The molecule has 7 heteroatoms. The van der Waals surface area contributed by atoms with E-state index in [1.807, 2.05) is 0 Å². The average Bonchev–Trinajstić information content (AvgIpc) is 2.30. The van der Waals surface area contributed by atoms with Crippen molar-refractivity contribution in [3.8, 4) is 5.75 Å². The zero-order valence-electron chi connectivity index (χ0n) is 9.54. The van der Waals surface area contributed by atoms with E-state index in [-0.39, 0.29) is 28.6 Å². The topological polar surface area (TPSA) is 72.5 Å². The predicted molar refractivity (Wildman–Crippen MR) is 64.4 cm³/mol. The molecule has 0 saturated heterocycles. The van der Waals surface area contributed by atoms with Crippen molar-refractivity contribution in [1.29, 1.82) is 0 Å². The molecule has 1 aromatic carbocycles. The normalized spacial score (nSPS) is 12.3. The van der Waals surface area contributed by atoms with Gasteiger partial charge in [0.2, 0.25) is 0 Å². The number of hydrogen-bond acceptors (Lipinski definition) is 3. The van der Waals surface area contributed by atoms with Crippen LogP contribution in [0.15, 0.2) is 10.5 Å². The van der Waals surface area contributed by atoms with Gasteiger partial charge in [-0.05, 0) is 28.4 Å². The molecule has 0 aliphatic rings. The summed E-state index contributed by atoms with van der Waals surface area (Å²) in [5.74, 6) is -2.86. The van der Waals surface area contributed by atoms with E-state index in [1.54, 1.807) is 0 Å². The number of carboxylic acids is 1. The fraction of sp³-hybridized carbons (Fsp3) is 0.364. The lowest BCUT2D eigenvalue weighted by molar-refractivity contribution is -0.137. The average molecular weight is 324 g/mol. The minimum atomic E-state index is -1.06. The first-order chi connectivity index (χ1) is 8.38. The molecule has 1 atom stereocenters. The molecular weight excluding hydrogens is 312 g/mol. The summed E-state index contributed by atoms with van der Waals surface area (Å²) in [6, 6.07) is -0.0234. The third kappa shape index (κ3) is 3.17. The zero-order chi connectivity index (χ0) is 13.9. The number of carboxylic acid groups (broad SMARTS) is 1. The molecule has 1 rings (SSSR count). The summed E-state index contributed by atoms with van der Waals surface area (Å²) in [5, 5.41) is 8.55. The quantitative estimate of drug-likeness (QED) is 0.817. The number of aliphatic carboxylic acids is 1. The molecular formula is C11H12BrF2NO3. The third-order valence-corrected chi connectivity index (χ3v) is 2.98. The van der Waals surface area contributed by atoms with Gasteiger partial charge in [-0.1, -0.05) is 0 Å². The fourth-order valence-corrected chi connectivity index (χ4v) is 1.97. The Kier molecular flexibility index (Phi) is 5.03. The molecule has 0 fully saturated rings. The first-order valence-corrected chi connectivity index (χ1v) is 5.86. The van der Waals surface area contributed by atoms with Crippen LogP contribution >= 0.6 is 15.9 Å². The van der Waals surface area contributed by atoms with Gasteiger partial charge in [0.25, 0.3) is 0 Å². The smallest absolute Gasteiger partial charge is 0.303 e. The van der Waals surface area contributed by atoms with Crippen LogP contribution in [-0.4, -0.2) is 18.2 Å². The molecule has 0 aliphatic carbocycles. The van der Waals surface area contributed by atoms with E-state index >= 15 is 0 Å². The highest BCUT2D eigenvalue weighted by atomic mass is 79.9. The number of halogens is 3. The van der Waals surface area contributed by atoms with Gasteiger partial charge in [0.1, 0.15) is 5.82 Å². The molecule has 3 N–H and O–H groups in total. The van der Waals surface area contributed by atoms with E-state index in [9.17, 15) is 13.6 Å². The van der Waals surface area contributed by atoms with Gasteiger partial charge in [-0.3, -0.25) is 4.79 Å². The standard InChI is InChI=1S/C11H12BrF2NO3/c1-18-11-6(13)4-5(12)10(14)9(11)7(15)2-3-8(16)17/h4,7H,2-3,15H2,1H3,(H,16,17). The first kappa shape index (κ1) is 14.8. The predicted octanol–water partition coefficient (Wildman–Crippen LogP) is 2.60. The van der Waals surface area contributed by atoms with Crippen molar-refractivity contribution in [2.45, 2.75) is 18.9 Å². The summed E-state index contributed by atoms with van der Waals surface area (Å²) in [6.07, 6.45) is -0.254. The second-order valence-electron chi connectivity index (χ2n) is 3.64. The molecule has 100 valence electrons. The molecule has 0 radical (unpaired) electrons. The third-order valence-electron chi connectivity index (χ3n) is 2.41. The van der Waals surface area contributed by atoms with Crippen LogP contribution in [0.3, 0.4) is 0 Å². The Balaban J connectivity index is 3.16. The van der Waals surface area contributed by atoms with Crippen LogP contribution in [0, 0.1) is 11.6 Å².